The third-order valence-corrected chi connectivity index (χ3v) is 2.55. The fraction of sp³-hybridized carbons (Fsp3) is 0.500. The lowest BCUT2D eigenvalue weighted by atomic mass is 10.2. The highest BCUT2D eigenvalue weighted by Gasteiger charge is 2.16. The Kier molecular flexibility index (Phi) is 6.49. The summed E-state index contributed by atoms with van der Waals surface area (Å²) in [7, 11) is 0. The molecular weight excluding hydrogens is 256 g/mol. The summed E-state index contributed by atoms with van der Waals surface area (Å²) >= 11 is 0. The molecule has 110 valence electrons. The maximum atomic E-state index is 12.0. The fourth-order valence-electron chi connectivity index (χ4n) is 1.53. The highest BCUT2D eigenvalue weighted by molar-refractivity contribution is 5.77. The predicted octanol–water partition coefficient (Wildman–Crippen LogP) is 2.00. The molecule has 3 N–H and O–H groups in total. The largest absolute Gasteiger partial charge is 0.449 e. The molecule has 0 aliphatic carbocycles. The number of carbonyl (C=O) groups is 1. The Bertz CT molecular complexity index is 434. The lowest BCUT2D eigenvalue weighted by Crippen LogP contribution is -2.34. The predicted molar refractivity (Wildman–Crippen MR) is 77.4 cm³/mol. The molecule has 1 amide bonds. The van der Waals surface area contributed by atoms with Gasteiger partial charge in [-0.25, -0.2) is 4.79 Å². The van der Waals surface area contributed by atoms with Crippen LogP contribution in [0.2, 0.25) is 0 Å². The molecule has 6 heteroatoms. The van der Waals surface area contributed by atoms with Gasteiger partial charge in [0.05, 0.1) is 19.0 Å². The number of nitrogens with zero attached hydrogens (tertiary/aromatic N) is 2. The van der Waals surface area contributed by atoms with Gasteiger partial charge in [0.1, 0.15) is 0 Å². The zero-order chi connectivity index (χ0) is 15.0. The third-order valence-electron chi connectivity index (χ3n) is 2.55. The number of amidine groups is 1. The zero-order valence-electron chi connectivity index (χ0n) is 12.0. The molecule has 0 aromatic carbocycles. The summed E-state index contributed by atoms with van der Waals surface area (Å²) in [5.41, 5.74) is 6.26. The van der Waals surface area contributed by atoms with Crippen LogP contribution in [0.1, 0.15) is 25.8 Å². The number of nitrogens with two attached hydrogens (primary N) is 1. The summed E-state index contributed by atoms with van der Waals surface area (Å²) in [4.78, 5) is 17.6. The van der Waals surface area contributed by atoms with Gasteiger partial charge in [0.2, 0.25) is 0 Å². The van der Waals surface area contributed by atoms with E-state index in [1.54, 1.807) is 17.3 Å². The van der Waals surface area contributed by atoms with E-state index >= 15 is 0 Å². The van der Waals surface area contributed by atoms with Gasteiger partial charge in [-0.15, -0.1) is 0 Å². The fourth-order valence-corrected chi connectivity index (χ4v) is 1.53. The molecule has 1 aromatic heterocycles. The van der Waals surface area contributed by atoms with Gasteiger partial charge >= 0.3 is 6.09 Å². The molecule has 6 nitrogen and oxygen atoms in total. The number of nitrogens with one attached hydrogen (secondary N) is 1. The van der Waals surface area contributed by atoms with E-state index < -0.39 is 0 Å². The second-order valence-corrected chi connectivity index (χ2v) is 5.03. The zero-order valence-corrected chi connectivity index (χ0v) is 12.0. The molecule has 1 rings (SSSR count). The Labute approximate surface area is 119 Å². The third kappa shape index (κ3) is 6.17. The van der Waals surface area contributed by atoms with Gasteiger partial charge in [0.15, 0.2) is 0 Å². The molecule has 0 aliphatic heterocycles. The van der Waals surface area contributed by atoms with Gasteiger partial charge in [-0.1, -0.05) is 19.9 Å². The first-order chi connectivity index (χ1) is 9.49. The monoisotopic (exact) mass is 278 g/mol. The quantitative estimate of drug-likeness (QED) is 0.589. The minimum absolute atomic E-state index is 0.0536. The van der Waals surface area contributed by atoms with Crippen LogP contribution in [0.15, 0.2) is 24.5 Å². The van der Waals surface area contributed by atoms with Crippen molar-refractivity contribution < 1.29 is 9.53 Å². The molecule has 0 spiro atoms. The summed E-state index contributed by atoms with van der Waals surface area (Å²) in [6, 6.07) is 3.71. The Morgan fingerprint density at radius 2 is 2.30 bits per heavy atom. The smallest absolute Gasteiger partial charge is 0.410 e. The Morgan fingerprint density at radius 1 is 1.55 bits per heavy atom. The van der Waals surface area contributed by atoms with E-state index in [1.807, 2.05) is 26.0 Å². The lowest BCUT2D eigenvalue weighted by molar-refractivity contribution is 0.0905. The van der Waals surface area contributed by atoms with Crippen LogP contribution in [0.5, 0.6) is 0 Å². The molecule has 0 aliphatic rings. The van der Waals surface area contributed by atoms with E-state index in [0.717, 1.165) is 5.56 Å². The average Bonchev–Trinajstić information content (AvgIpc) is 2.41. The first-order valence-corrected chi connectivity index (χ1v) is 6.62. The van der Waals surface area contributed by atoms with E-state index in [2.05, 4.69) is 4.98 Å². The number of hydrogen-bond donors (Lipinski definition) is 2. The lowest BCUT2D eigenvalue weighted by Gasteiger charge is -2.22. The maximum Gasteiger partial charge on any atom is 0.410 e. The number of aromatic nitrogens is 1. The van der Waals surface area contributed by atoms with Crippen LogP contribution in [-0.4, -0.2) is 35.0 Å². The van der Waals surface area contributed by atoms with E-state index in [-0.39, 0.29) is 17.8 Å². The second kappa shape index (κ2) is 8.14. The molecule has 20 heavy (non-hydrogen) atoms. The van der Waals surface area contributed by atoms with Crippen LogP contribution in [0.4, 0.5) is 4.79 Å². The summed E-state index contributed by atoms with van der Waals surface area (Å²) in [5, 5.41) is 7.27. The second-order valence-electron chi connectivity index (χ2n) is 5.03. The number of rotatable bonds is 7. The molecule has 0 fully saturated rings. The van der Waals surface area contributed by atoms with Crippen LogP contribution >= 0.6 is 0 Å². The van der Waals surface area contributed by atoms with Gasteiger partial charge < -0.3 is 15.4 Å². The molecule has 0 saturated heterocycles. The molecule has 0 atom stereocenters. The standard InChI is InChI=1S/C14H22N4O2/c1-11(2)10-20-14(19)18(7-5-13(15)16)9-12-4-3-6-17-8-12/h3-4,6,8,11H,5,7,9-10H2,1-2H3,(H3,15,16). The molecule has 0 saturated carbocycles. The van der Waals surface area contributed by atoms with Crippen molar-refractivity contribution in [2.75, 3.05) is 13.2 Å². The highest BCUT2D eigenvalue weighted by Crippen LogP contribution is 2.07. The molecule has 0 bridgehead atoms. The van der Waals surface area contributed by atoms with Crippen molar-refractivity contribution in [2.45, 2.75) is 26.8 Å². The van der Waals surface area contributed by atoms with Gasteiger partial charge in [-0.2, -0.15) is 0 Å². The van der Waals surface area contributed by atoms with Crippen molar-refractivity contribution in [3.8, 4) is 0 Å². The summed E-state index contributed by atoms with van der Waals surface area (Å²) in [5.74, 6) is 0.338. The van der Waals surface area contributed by atoms with Crippen LogP contribution in [0, 0.1) is 11.3 Å². The van der Waals surface area contributed by atoms with Crippen molar-refractivity contribution in [3.63, 3.8) is 0 Å². The van der Waals surface area contributed by atoms with Crippen molar-refractivity contribution in [1.82, 2.24) is 9.88 Å². The molecule has 1 heterocycles. The molecule has 0 unspecified atom stereocenters. The van der Waals surface area contributed by atoms with Crippen molar-refractivity contribution in [3.05, 3.63) is 30.1 Å². The minimum Gasteiger partial charge on any atom is -0.449 e. The number of carbonyl (C=O) groups excluding carboxylic acids is 1. The summed E-state index contributed by atoms with van der Waals surface area (Å²) < 4.78 is 5.23. The van der Waals surface area contributed by atoms with E-state index in [4.69, 9.17) is 15.9 Å². The normalized spacial score (nSPS) is 10.3. The van der Waals surface area contributed by atoms with Gasteiger partial charge in [0, 0.05) is 25.4 Å². The first-order valence-electron chi connectivity index (χ1n) is 6.62. The minimum atomic E-state index is -0.385. The molecular formula is C14H22N4O2. The first kappa shape index (κ1) is 15.9. The molecule has 1 aromatic rings. The van der Waals surface area contributed by atoms with Gasteiger partial charge in [-0.3, -0.25) is 10.4 Å². The van der Waals surface area contributed by atoms with E-state index in [1.165, 1.54) is 0 Å². The summed E-state index contributed by atoms with van der Waals surface area (Å²) in [6.45, 7) is 5.10. The highest BCUT2D eigenvalue weighted by atomic mass is 16.6. The Hall–Kier alpha value is -2.11. The SMILES string of the molecule is CC(C)COC(=O)N(CCC(=N)N)Cc1cccnc1. The van der Waals surface area contributed by atoms with E-state index in [0.29, 0.717) is 26.1 Å². The van der Waals surface area contributed by atoms with Crippen LogP contribution in [0.3, 0.4) is 0 Å². The number of hydrogen-bond acceptors (Lipinski definition) is 4. The number of amides is 1. The van der Waals surface area contributed by atoms with Crippen LogP contribution in [-0.2, 0) is 11.3 Å². The topological polar surface area (TPSA) is 92.3 Å². The molecule has 0 radical (unpaired) electrons. The van der Waals surface area contributed by atoms with Gasteiger partial charge in [-0.05, 0) is 17.5 Å². The van der Waals surface area contributed by atoms with Crippen molar-refractivity contribution in [2.24, 2.45) is 11.7 Å². The Morgan fingerprint density at radius 3 is 2.85 bits per heavy atom. The average molecular weight is 278 g/mol. The van der Waals surface area contributed by atoms with E-state index in [9.17, 15) is 4.79 Å². The van der Waals surface area contributed by atoms with Crippen LogP contribution < -0.4 is 5.73 Å². The summed E-state index contributed by atoms with van der Waals surface area (Å²) in [6.07, 6.45) is 3.33. The maximum absolute atomic E-state index is 12.0. The number of pyridine rings is 1. The van der Waals surface area contributed by atoms with Gasteiger partial charge in [0.25, 0.3) is 0 Å². The Balaban J connectivity index is 2.63. The van der Waals surface area contributed by atoms with Crippen molar-refractivity contribution >= 4 is 11.9 Å². The van der Waals surface area contributed by atoms with Crippen molar-refractivity contribution in [1.29, 1.82) is 5.41 Å². The van der Waals surface area contributed by atoms with Crippen LogP contribution in [0.25, 0.3) is 0 Å². The number of ether oxygens (including phenoxy) is 1.